The van der Waals surface area contributed by atoms with Crippen LogP contribution in [-0.4, -0.2) is 29.9 Å². The van der Waals surface area contributed by atoms with Crippen molar-refractivity contribution in [3.05, 3.63) is 23.2 Å². The Morgan fingerprint density at radius 2 is 2.14 bits per heavy atom. The molecule has 0 fully saturated rings. The maximum Gasteiger partial charge on any atom is 0.319 e. The zero-order valence-corrected chi connectivity index (χ0v) is 13.4. The van der Waals surface area contributed by atoms with Crippen LogP contribution < -0.4 is 15.4 Å². The van der Waals surface area contributed by atoms with Crippen LogP contribution in [0.1, 0.15) is 33.6 Å². The summed E-state index contributed by atoms with van der Waals surface area (Å²) in [4.78, 5) is 11.7. The number of hydrogen-bond acceptors (Lipinski definition) is 3. The molecule has 1 atom stereocenters. The number of hydrogen-bond donors (Lipinski definition) is 3. The van der Waals surface area contributed by atoms with E-state index in [1.807, 2.05) is 20.8 Å². The van der Waals surface area contributed by atoms with Crippen LogP contribution in [0.4, 0.5) is 10.5 Å². The molecule has 5 nitrogen and oxygen atoms in total. The molecule has 1 aromatic carbocycles. The highest BCUT2D eigenvalue weighted by molar-refractivity contribution is 6.32. The Kier molecular flexibility index (Phi) is 7.32. The third-order valence-corrected chi connectivity index (χ3v) is 2.97. The van der Waals surface area contributed by atoms with Crippen molar-refractivity contribution in [2.24, 2.45) is 0 Å². The normalized spacial score (nSPS) is 12.1. The van der Waals surface area contributed by atoms with Gasteiger partial charge in [0.2, 0.25) is 0 Å². The Bertz CT molecular complexity index is 466. The number of aliphatic hydroxyl groups is 1. The summed E-state index contributed by atoms with van der Waals surface area (Å²) < 4.78 is 5.52. The minimum Gasteiger partial charge on any atom is -0.489 e. The number of urea groups is 1. The first-order valence-corrected chi connectivity index (χ1v) is 7.49. The molecule has 0 heterocycles. The lowest BCUT2D eigenvalue weighted by Crippen LogP contribution is -2.35. The van der Waals surface area contributed by atoms with E-state index in [1.54, 1.807) is 18.2 Å². The van der Waals surface area contributed by atoms with Gasteiger partial charge in [-0.25, -0.2) is 4.79 Å². The standard InChI is InChI=1S/C15H23ClN2O3/c1-4-5-12(19)9-17-15(20)18-11-6-7-14(13(16)8-11)21-10(2)3/h6-8,10,12,19H,4-5,9H2,1-3H3,(H2,17,18,20). The van der Waals surface area contributed by atoms with E-state index in [2.05, 4.69) is 10.6 Å². The summed E-state index contributed by atoms with van der Waals surface area (Å²) in [5, 5.41) is 15.3. The number of rotatable bonds is 7. The molecule has 0 saturated carbocycles. The predicted octanol–water partition coefficient (Wildman–Crippen LogP) is 3.41. The second kappa shape index (κ2) is 8.74. The Morgan fingerprint density at radius 1 is 1.43 bits per heavy atom. The fraction of sp³-hybridized carbons (Fsp3) is 0.533. The van der Waals surface area contributed by atoms with Gasteiger partial charge in [0, 0.05) is 12.2 Å². The van der Waals surface area contributed by atoms with Crippen LogP contribution in [-0.2, 0) is 0 Å². The van der Waals surface area contributed by atoms with Gasteiger partial charge in [-0.15, -0.1) is 0 Å². The minimum atomic E-state index is -0.522. The average Bonchev–Trinajstić information content (AvgIpc) is 2.39. The second-order valence-electron chi connectivity index (χ2n) is 5.09. The van der Waals surface area contributed by atoms with Crippen molar-refractivity contribution in [2.45, 2.75) is 45.8 Å². The van der Waals surface area contributed by atoms with Gasteiger partial charge in [0.05, 0.1) is 17.2 Å². The monoisotopic (exact) mass is 314 g/mol. The molecule has 0 aliphatic carbocycles. The summed E-state index contributed by atoms with van der Waals surface area (Å²) in [5.74, 6) is 0.580. The van der Waals surface area contributed by atoms with Crippen LogP contribution in [0.15, 0.2) is 18.2 Å². The van der Waals surface area contributed by atoms with Crippen molar-refractivity contribution in [3.8, 4) is 5.75 Å². The van der Waals surface area contributed by atoms with Crippen molar-refractivity contribution >= 4 is 23.3 Å². The third kappa shape index (κ3) is 6.69. The lowest BCUT2D eigenvalue weighted by molar-refractivity contribution is 0.162. The minimum absolute atomic E-state index is 0.0321. The van der Waals surface area contributed by atoms with Gasteiger partial charge in [-0.05, 0) is 38.5 Å². The molecule has 1 unspecified atom stereocenters. The first-order chi connectivity index (χ1) is 9.92. The molecule has 3 N–H and O–H groups in total. The quantitative estimate of drug-likeness (QED) is 0.722. The molecule has 21 heavy (non-hydrogen) atoms. The molecule has 1 aromatic rings. The highest BCUT2D eigenvalue weighted by atomic mass is 35.5. The van der Waals surface area contributed by atoms with E-state index in [4.69, 9.17) is 16.3 Å². The number of ether oxygens (including phenoxy) is 1. The zero-order valence-electron chi connectivity index (χ0n) is 12.6. The average molecular weight is 315 g/mol. The van der Waals surface area contributed by atoms with E-state index in [1.165, 1.54) is 0 Å². The summed E-state index contributed by atoms with van der Waals surface area (Å²) in [6.45, 7) is 6.03. The molecular formula is C15H23ClN2O3. The summed E-state index contributed by atoms with van der Waals surface area (Å²) in [6, 6.07) is 4.68. The number of amides is 2. The smallest absolute Gasteiger partial charge is 0.319 e. The third-order valence-electron chi connectivity index (χ3n) is 2.67. The van der Waals surface area contributed by atoms with Gasteiger partial charge >= 0.3 is 6.03 Å². The molecule has 0 aliphatic heterocycles. The summed E-state index contributed by atoms with van der Waals surface area (Å²) >= 11 is 6.09. The fourth-order valence-corrected chi connectivity index (χ4v) is 1.97. The van der Waals surface area contributed by atoms with E-state index in [9.17, 15) is 9.90 Å². The largest absolute Gasteiger partial charge is 0.489 e. The summed E-state index contributed by atoms with van der Waals surface area (Å²) in [7, 11) is 0. The van der Waals surface area contributed by atoms with Crippen molar-refractivity contribution < 1.29 is 14.6 Å². The SMILES string of the molecule is CCCC(O)CNC(=O)Nc1ccc(OC(C)C)c(Cl)c1. The van der Waals surface area contributed by atoms with Crippen LogP contribution >= 0.6 is 11.6 Å². The predicted molar refractivity (Wildman–Crippen MR) is 85.2 cm³/mol. The highest BCUT2D eigenvalue weighted by Gasteiger charge is 2.09. The lowest BCUT2D eigenvalue weighted by Gasteiger charge is -2.14. The Labute approximate surface area is 130 Å². The second-order valence-corrected chi connectivity index (χ2v) is 5.50. The van der Waals surface area contributed by atoms with E-state index in [0.29, 0.717) is 22.9 Å². The zero-order chi connectivity index (χ0) is 15.8. The maximum absolute atomic E-state index is 11.7. The highest BCUT2D eigenvalue weighted by Crippen LogP contribution is 2.28. The number of halogens is 1. The van der Waals surface area contributed by atoms with Gasteiger partial charge in [0.15, 0.2) is 0 Å². The molecule has 6 heteroatoms. The Balaban J connectivity index is 2.51. The van der Waals surface area contributed by atoms with Crippen molar-refractivity contribution in [2.75, 3.05) is 11.9 Å². The molecule has 0 aromatic heterocycles. The lowest BCUT2D eigenvalue weighted by atomic mass is 10.2. The van der Waals surface area contributed by atoms with Gasteiger partial charge < -0.3 is 20.5 Å². The Hall–Kier alpha value is -1.46. The fourth-order valence-electron chi connectivity index (χ4n) is 1.75. The Morgan fingerprint density at radius 3 is 2.71 bits per heavy atom. The number of benzene rings is 1. The van der Waals surface area contributed by atoms with Crippen LogP contribution in [0.5, 0.6) is 5.75 Å². The molecule has 0 radical (unpaired) electrons. The van der Waals surface area contributed by atoms with Crippen molar-refractivity contribution in [3.63, 3.8) is 0 Å². The number of anilines is 1. The molecular weight excluding hydrogens is 292 g/mol. The van der Waals surface area contributed by atoms with Crippen LogP contribution in [0, 0.1) is 0 Å². The van der Waals surface area contributed by atoms with Gasteiger partial charge in [-0.2, -0.15) is 0 Å². The number of aliphatic hydroxyl groups excluding tert-OH is 1. The van der Waals surface area contributed by atoms with Crippen LogP contribution in [0.3, 0.4) is 0 Å². The van der Waals surface area contributed by atoms with E-state index < -0.39 is 6.10 Å². The molecule has 0 spiro atoms. The number of carbonyl (C=O) groups is 1. The van der Waals surface area contributed by atoms with Gasteiger partial charge in [0.25, 0.3) is 0 Å². The molecule has 1 rings (SSSR count). The molecule has 0 saturated heterocycles. The van der Waals surface area contributed by atoms with Gasteiger partial charge in [-0.3, -0.25) is 0 Å². The van der Waals surface area contributed by atoms with E-state index >= 15 is 0 Å². The van der Waals surface area contributed by atoms with Crippen LogP contribution in [0.25, 0.3) is 0 Å². The first kappa shape index (κ1) is 17.6. The van der Waals surface area contributed by atoms with Crippen molar-refractivity contribution in [1.82, 2.24) is 5.32 Å². The number of nitrogens with one attached hydrogen (secondary N) is 2. The molecule has 0 aliphatic rings. The summed E-state index contributed by atoms with van der Waals surface area (Å²) in [6.07, 6.45) is 1.04. The maximum atomic E-state index is 11.7. The topological polar surface area (TPSA) is 70.6 Å². The molecule has 2 amide bonds. The van der Waals surface area contributed by atoms with Crippen molar-refractivity contribution in [1.29, 1.82) is 0 Å². The summed E-state index contributed by atoms with van der Waals surface area (Å²) in [5.41, 5.74) is 0.568. The number of carbonyl (C=O) groups excluding carboxylic acids is 1. The molecule has 118 valence electrons. The van der Waals surface area contributed by atoms with Crippen LogP contribution in [0.2, 0.25) is 5.02 Å². The van der Waals surface area contributed by atoms with Gasteiger partial charge in [0.1, 0.15) is 5.75 Å². The van der Waals surface area contributed by atoms with E-state index in [0.717, 1.165) is 6.42 Å². The first-order valence-electron chi connectivity index (χ1n) is 7.11. The van der Waals surface area contributed by atoms with Gasteiger partial charge in [-0.1, -0.05) is 24.9 Å². The molecule has 0 bridgehead atoms. The van der Waals surface area contributed by atoms with E-state index in [-0.39, 0.29) is 18.7 Å².